The SMILES string of the molecule is Cc1cccn2c(NC(=O)OCC3c4ccccc4-c4ccccc43)c(C(=O)O)nc12. The molecule has 154 valence electrons. The number of hydrogen-bond donors (Lipinski definition) is 2. The highest BCUT2D eigenvalue weighted by molar-refractivity contribution is 5.97. The fourth-order valence-electron chi connectivity index (χ4n) is 4.20. The van der Waals surface area contributed by atoms with Crippen LogP contribution in [-0.2, 0) is 4.74 Å². The molecule has 0 radical (unpaired) electrons. The van der Waals surface area contributed by atoms with Gasteiger partial charge in [-0.15, -0.1) is 0 Å². The van der Waals surface area contributed by atoms with E-state index in [1.807, 2.05) is 49.4 Å². The number of hydrogen-bond acceptors (Lipinski definition) is 4. The van der Waals surface area contributed by atoms with E-state index in [0.29, 0.717) is 5.65 Å². The number of pyridine rings is 1. The van der Waals surface area contributed by atoms with Gasteiger partial charge in [-0.05, 0) is 40.8 Å². The van der Waals surface area contributed by atoms with Crippen LogP contribution in [0.3, 0.4) is 0 Å². The summed E-state index contributed by atoms with van der Waals surface area (Å²) in [5, 5.41) is 12.1. The van der Waals surface area contributed by atoms with Crippen LogP contribution in [-0.4, -0.2) is 33.2 Å². The Morgan fingerprint density at radius 1 is 1.03 bits per heavy atom. The van der Waals surface area contributed by atoms with Crippen molar-refractivity contribution in [2.75, 3.05) is 11.9 Å². The van der Waals surface area contributed by atoms with Gasteiger partial charge in [0.1, 0.15) is 12.3 Å². The Morgan fingerprint density at radius 3 is 2.32 bits per heavy atom. The van der Waals surface area contributed by atoms with Crippen LogP contribution < -0.4 is 5.32 Å². The van der Waals surface area contributed by atoms with E-state index in [2.05, 4.69) is 22.4 Å². The number of imidazole rings is 1. The summed E-state index contributed by atoms with van der Waals surface area (Å²) >= 11 is 0. The highest BCUT2D eigenvalue weighted by atomic mass is 16.5. The third-order valence-electron chi connectivity index (χ3n) is 5.61. The van der Waals surface area contributed by atoms with E-state index in [0.717, 1.165) is 27.8 Å². The number of aryl methyl sites for hydroxylation is 1. The molecule has 7 heteroatoms. The van der Waals surface area contributed by atoms with Crippen LogP contribution in [0, 0.1) is 6.92 Å². The van der Waals surface area contributed by atoms with E-state index in [1.54, 1.807) is 16.7 Å². The summed E-state index contributed by atoms with van der Waals surface area (Å²) in [4.78, 5) is 28.4. The highest BCUT2D eigenvalue weighted by Gasteiger charge is 2.29. The van der Waals surface area contributed by atoms with Crippen molar-refractivity contribution in [3.8, 4) is 11.1 Å². The second kappa shape index (κ2) is 7.28. The third-order valence-corrected chi connectivity index (χ3v) is 5.61. The lowest BCUT2D eigenvalue weighted by atomic mass is 9.98. The molecule has 2 N–H and O–H groups in total. The minimum absolute atomic E-state index is 0.0726. The Bertz CT molecular complexity index is 1300. The molecule has 4 aromatic rings. The average Bonchev–Trinajstić information content (AvgIpc) is 3.30. The number of amides is 1. The monoisotopic (exact) mass is 413 g/mol. The van der Waals surface area contributed by atoms with Gasteiger partial charge in [-0.1, -0.05) is 54.6 Å². The molecule has 1 aliphatic carbocycles. The van der Waals surface area contributed by atoms with Gasteiger partial charge in [-0.2, -0.15) is 0 Å². The largest absolute Gasteiger partial charge is 0.476 e. The summed E-state index contributed by atoms with van der Waals surface area (Å²) in [5.41, 5.74) is 5.51. The van der Waals surface area contributed by atoms with Crippen LogP contribution in [0.1, 0.15) is 33.1 Å². The Kier molecular flexibility index (Phi) is 4.43. The van der Waals surface area contributed by atoms with Gasteiger partial charge in [-0.25, -0.2) is 14.6 Å². The molecule has 2 aromatic heterocycles. The molecule has 0 unspecified atom stereocenters. The van der Waals surface area contributed by atoms with Gasteiger partial charge < -0.3 is 9.84 Å². The van der Waals surface area contributed by atoms with Crippen molar-refractivity contribution < 1.29 is 19.4 Å². The molecule has 0 atom stereocenters. The molecular formula is C24H19N3O4. The zero-order chi connectivity index (χ0) is 21.5. The number of carboxylic acids is 1. The number of aromatic nitrogens is 2. The number of nitrogens with zero attached hydrogens (tertiary/aromatic N) is 2. The van der Waals surface area contributed by atoms with Crippen molar-refractivity contribution in [1.82, 2.24) is 9.38 Å². The minimum Gasteiger partial charge on any atom is -0.476 e. The average molecular weight is 413 g/mol. The molecule has 31 heavy (non-hydrogen) atoms. The van der Waals surface area contributed by atoms with Crippen molar-refractivity contribution in [3.05, 3.63) is 89.2 Å². The summed E-state index contributed by atoms with van der Waals surface area (Å²) < 4.78 is 7.08. The van der Waals surface area contributed by atoms with E-state index in [1.165, 1.54) is 0 Å². The number of ether oxygens (including phenoxy) is 1. The number of anilines is 1. The van der Waals surface area contributed by atoms with Gasteiger partial charge in [0.2, 0.25) is 0 Å². The minimum atomic E-state index is -1.22. The number of carboxylic acid groups (broad SMARTS) is 1. The molecular weight excluding hydrogens is 394 g/mol. The Balaban J connectivity index is 1.40. The molecule has 2 aromatic carbocycles. The van der Waals surface area contributed by atoms with Crippen LogP contribution in [0.4, 0.5) is 10.6 Å². The van der Waals surface area contributed by atoms with Gasteiger partial charge in [-0.3, -0.25) is 9.72 Å². The predicted molar refractivity (Wildman–Crippen MR) is 116 cm³/mol. The lowest BCUT2D eigenvalue weighted by molar-refractivity contribution is 0.0692. The maximum absolute atomic E-state index is 12.6. The zero-order valence-corrected chi connectivity index (χ0v) is 16.7. The lowest BCUT2D eigenvalue weighted by Gasteiger charge is -2.14. The summed E-state index contributed by atoms with van der Waals surface area (Å²) in [6.07, 6.45) is 0.925. The van der Waals surface area contributed by atoms with Gasteiger partial charge in [0.25, 0.3) is 0 Å². The first-order valence-electron chi connectivity index (χ1n) is 9.87. The summed E-state index contributed by atoms with van der Waals surface area (Å²) in [6, 6.07) is 19.7. The standard InChI is InChI=1S/C24H19N3O4/c1-14-7-6-12-27-21(14)25-20(23(28)29)22(27)26-24(30)31-13-19-17-10-4-2-8-15(17)16-9-3-5-11-18(16)19/h2-12,19H,13H2,1H3,(H,26,30)(H,28,29). The molecule has 0 aliphatic heterocycles. The summed E-state index contributed by atoms with van der Waals surface area (Å²) in [5.74, 6) is -1.23. The van der Waals surface area contributed by atoms with Crippen LogP contribution in [0.15, 0.2) is 66.9 Å². The van der Waals surface area contributed by atoms with Crippen molar-refractivity contribution in [2.24, 2.45) is 0 Å². The second-order valence-corrected chi connectivity index (χ2v) is 7.45. The number of fused-ring (bicyclic) bond motifs is 4. The topological polar surface area (TPSA) is 92.9 Å². The molecule has 5 rings (SSSR count). The quantitative estimate of drug-likeness (QED) is 0.506. The first-order valence-corrected chi connectivity index (χ1v) is 9.87. The molecule has 1 aliphatic rings. The second-order valence-electron chi connectivity index (χ2n) is 7.45. The number of rotatable bonds is 4. The molecule has 7 nitrogen and oxygen atoms in total. The van der Waals surface area contributed by atoms with E-state index in [9.17, 15) is 14.7 Å². The zero-order valence-electron chi connectivity index (χ0n) is 16.7. The lowest BCUT2D eigenvalue weighted by Crippen LogP contribution is -2.20. The Morgan fingerprint density at radius 2 is 1.68 bits per heavy atom. The van der Waals surface area contributed by atoms with Crippen LogP contribution >= 0.6 is 0 Å². The van der Waals surface area contributed by atoms with Gasteiger partial charge in [0.15, 0.2) is 11.5 Å². The van der Waals surface area contributed by atoms with Gasteiger partial charge >= 0.3 is 12.1 Å². The number of carbonyl (C=O) groups excluding carboxylic acids is 1. The number of aromatic carboxylic acids is 1. The van der Waals surface area contributed by atoms with E-state index in [4.69, 9.17) is 4.74 Å². The summed E-state index contributed by atoms with van der Waals surface area (Å²) in [7, 11) is 0. The fourth-order valence-corrected chi connectivity index (χ4v) is 4.20. The fraction of sp³-hybridized carbons (Fsp3) is 0.125. The molecule has 0 saturated carbocycles. The number of nitrogens with one attached hydrogen (secondary N) is 1. The highest BCUT2D eigenvalue weighted by Crippen LogP contribution is 2.44. The molecule has 0 fully saturated rings. The molecule has 0 saturated heterocycles. The van der Waals surface area contributed by atoms with E-state index in [-0.39, 0.29) is 24.0 Å². The number of benzene rings is 2. The molecule has 2 heterocycles. The van der Waals surface area contributed by atoms with Gasteiger partial charge in [0.05, 0.1) is 0 Å². The van der Waals surface area contributed by atoms with Crippen molar-refractivity contribution >= 4 is 23.5 Å². The summed E-state index contributed by atoms with van der Waals surface area (Å²) in [6.45, 7) is 1.96. The molecule has 1 amide bonds. The Labute approximate surface area is 177 Å². The van der Waals surface area contributed by atoms with Crippen LogP contribution in [0.2, 0.25) is 0 Å². The van der Waals surface area contributed by atoms with Crippen molar-refractivity contribution in [1.29, 1.82) is 0 Å². The maximum Gasteiger partial charge on any atom is 0.412 e. The van der Waals surface area contributed by atoms with E-state index < -0.39 is 12.1 Å². The first-order chi connectivity index (χ1) is 15.0. The first kappa shape index (κ1) is 18.9. The Hall–Kier alpha value is -4.13. The predicted octanol–water partition coefficient (Wildman–Crippen LogP) is 4.70. The van der Waals surface area contributed by atoms with E-state index >= 15 is 0 Å². The normalized spacial score (nSPS) is 12.4. The van der Waals surface area contributed by atoms with Crippen molar-refractivity contribution in [2.45, 2.75) is 12.8 Å². The van der Waals surface area contributed by atoms with Crippen LogP contribution in [0.5, 0.6) is 0 Å². The number of carbonyl (C=O) groups is 2. The maximum atomic E-state index is 12.6. The van der Waals surface area contributed by atoms with Crippen LogP contribution in [0.25, 0.3) is 16.8 Å². The van der Waals surface area contributed by atoms with Gasteiger partial charge in [0, 0.05) is 12.1 Å². The molecule has 0 spiro atoms. The van der Waals surface area contributed by atoms with Crippen molar-refractivity contribution in [3.63, 3.8) is 0 Å². The third kappa shape index (κ3) is 3.11. The smallest absolute Gasteiger partial charge is 0.412 e. The molecule has 0 bridgehead atoms.